The van der Waals surface area contributed by atoms with Crippen molar-refractivity contribution in [3.63, 3.8) is 0 Å². The second-order valence-electron chi connectivity index (χ2n) is 14.8. The monoisotopic (exact) mass is 767 g/mol. The zero-order chi connectivity index (χ0) is 39.8. The molecule has 1 fully saturated rings. The van der Waals surface area contributed by atoms with Gasteiger partial charge in [0.1, 0.15) is 30.2 Å². The van der Waals surface area contributed by atoms with Crippen LogP contribution in [0.15, 0.2) is 121 Å². The highest BCUT2D eigenvalue weighted by atomic mass is 16.7. The third kappa shape index (κ3) is 14.0. The van der Waals surface area contributed by atoms with Gasteiger partial charge in [0.25, 0.3) is 0 Å². The number of alkyl carbamates (subject to hydrolysis) is 1. The number of esters is 1. The van der Waals surface area contributed by atoms with Crippen molar-refractivity contribution < 1.29 is 47.5 Å². The summed E-state index contributed by atoms with van der Waals surface area (Å²) in [5.41, 5.74) is 2.81. The number of nitrogens with one attached hydrogen (secondary N) is 1. The Morgan fingerprint density at radius 3 is 1.64 bits per heavy atom. The molecule has 0 aromatic heterocycles. The number of ether oxygens (including phenoxy) is 7. The van der Waals surface area contributed by atoms with E-state index >= 15 is 0 Å². The molecule has 1 heterocycles. The third-order valence-electron chi connectivity index (χ3n) is 8.88. The quantitative estimate of drug-likeness (QED) is 0.0968. The van der Waals surface area contributed by atoms with E-state index in [2.05, 4.69) is 5.32 Å². The van der Waals surface area contributed by atoms with E-state index < -0.39 is 54.2 Å². The molecular weight excluding hydrogens is 714 g/mol. The number of carbonyl (C=O) groups is 3. The second kappa shape index (κ2) is 21.4. The molecule has 11 nitrogen and oxygen atoms in total. The first-order valence-electron chi connectivity index (χ1n) is 18.9. The summed E-state index contributed by atoms with van der Waals surface area (Å²) in [5, 5.41) is 2.61. The van der Waals surface area contributed by atoms with E-state index in [1.807, 2.05) is 121 Å². The summed E-state index contributed by atoms with van der Waals surface area (Å²) in [6.07, 6.45) is -4.00. The van der Waals surface area contributed by atoms with Gasteiger partial charge in [-0.1, -0.05) is 121 Å². The summed E-state index contributed by atoms with van der Waals surface area (Å²) in [7, 11) is 0. The molecule has 0 aliphatic carbocycles. The van der Waals surface area contributed by atoms with E-state index in [4.69, 9.17) is 33.2 Å². The van der Waals surface area contributed by atoms with Crippen LogP contribution in [-0.4, -0.2) is 67.3 Å². The van der Waals surface area contributed by atoms with Crippen LogP contribution in [0.1, 0.15) is 56.4 Å². The lowest BCUT2D eigenvalue weighted by Gasteiger charge is -2.46. The van der Waals surface area contributed by atoms with Crippen molar-refractivity contribution in [2.75, 3.05) is 13.2 Å². The Morgan fingerprint density at radius 2 is 1.14 bits per heavy atom. The molecule has 1 saturated heterocycles. The normalized spacial score (nSPS) is 20.1. The molecular formula is C45H53NO10. The first-order chi connectivity index (χ1) is 27.0. The predicted octanol–water partition coefficient (Wildman–Crippen LogP) is 7.35. The number of hydrogen-bond donors (Lipinski definition) is 1. The molecule has 1 amide bonds. The standard InChI is InChI=1S/C45H53NO10/c1-32(47)25-37-40(51-27-34-19-11-6-12-20-34)41(52-28-35-21-13-7-14-22-35)39(31-50-26-33-17-9-5-10-18-33)55-43(37)54-30-38(46-44(49)56-45(2,3)4)42(48)53-29-36-23-15-8-16-24-36/h5-24,37-41,43H,25-31H2,1-4H3,(H,46,49)/t37-,38+,39-,40-,41-,43-/m1/s1. The smallest absolute Gasteiger partial charge is 0.408 e. The van der Waals surface area contributed by atoms with E-state index in [-0.39, 0.29) is 45.2 Å². The Morgan fingerprint density at radius 1 is 0.661 bits per heavy atom. The van der Waals surface area contributed by atoms with E-state index in [1.54, 1.807) is 20.8 Å². The maximum Gasteiger partial charge on any atom is 0.408 e. The molecule has 0 bridgehead atoms. The highest BCUT2D eigenvalue weighted by Gasteiger charge is 2.49. The minimum atomic E-state index is -1.28. The molecule has 1 N–H and O–H groups in total. The molecule has 56 heavy (non-hydrogen) atoms. The topological polar surface area (TPSA) is 128 Å². The molecule has 0 saturated carbocycles. The molecule has 0 spiro atoms. The lowest BCUT2D eigenvalue weighted by molar-refractivity contribution is -0.305. The average molecular weight is 768 g/mol. The molecule has 1 aliphatic rings. The van der Waals surface area contributed by atoms with Crippen molar-refractivity contribution in [3.8, 4) is 0 Å². The zero-order valence-electron chi connectivity index (χ0n) is 32.5. The minimum absolute atomic E-state index is 0.0181. The van der Waals surface area contributed by atoms with E-state index in [0.717, 1.165) is 22.3 Å². The molecule has 0 radical (unpaired) electrons. The van der Waals surface area contributed by atoms with Gasteiger partial charge in [0, 0.05) is 12.3 Å². The van der Waals surface area contributed by atoms with Crippen molar-refractivity contribution in [3.05, 3.63) is 144 Å². The van der Waals surface area contributed by atoms with Crippen LogP contribution in [0.3, 0.4) is 0 Å². The van der Waals surface area contributed by atoms with Crippen LogP contribution in [0.2, 0.25) is 0 Å². The van der Waals surface area contributed by atoms with Gasteiger partial charge >= 0.3 is 12.1 Å². The van der Waals surface area contributed by atoms with Crippen molar-refractivity contribution in [2.45, 2.75) is 96.8 Å². The molecule has 5 rings (SSSR count). The number of Topliss-reactive ketones (excluding diaryl/α,β-unsaturated/α-hetero) is 1. The summed E-state index contributed by atoms with van der Waals surface area (Å²) < 4.78 is 43.7. The fourth-order valence-corrected chi connectivity index (χ4v) is 6.26. The van der Waals surface area contributed by atoms with Gasteiger partial charge in [-0.15, -0.1) is 0 Å². The number of hydrogen-bond acceptors (Lipinski definition) is 10. The van der Waals surface area contributed by atoms with Gasteiger partial charge < -0.3 is 43.3 Å². The summed E-state index contributed by atoms with van der Waals surface area (Å²) in [6, 6.07) is 37.2. The SMILES string of the molecule is CC(=O)C[C@H]1[C@H](OC[C@H](NC(=O)OC(C)(C)C)C(=O)OCc2ccccc2)O[C@H](COCc2ccccc2)[C@@H](OCc2ccccc2)[C@@H]1OCc1ccccc1. The van der Waals surface area contributed by atoms with Gasteiger partial charge in [0.2, 0.25) is 0 Å². The summed E-state index contributed by atoms with van der Waals surface area (Å²) >= 11 is 0. The van der Waals surface area contributed by atoms with Gasteiger partial charge in [0.05, 0.1) is 39.1 Å². The minimum Gasteiger partial charge on any atom is -0.459 e. The summed E-state index contributed by atoms with van der Waals surface area (Å²) in [4.78, 5) is 39.5. The fourth-order valence-electron chi connectivity index (χ4n) is 6.26. The summed E-state index contributed by atoms with van der Waals surface area (Å²) in [5.74, 6) is -1.53. The lowest BCUT2D eigenvalue weighted by atomic mass is 9.86. The van der Waals surface area contributed by atoms with Crippen molar-refractivity contribution in [1.29, 1.82) is 0 Å². The molecule has 6 atom stereocenters. The van der Waals surface area contributed by atoms with Crippen LogP contribution in [0, 0.1) is 5.92 Å². The second-order valence-corrected chi connectivity index (χ2v) is 14.8. The molecule has 0 unspecified atom stereocenters. The Balaban J connectivity index is 1.43. The Kier molecular flexibility index (Phi) is 16.1. The number of benzene rings is 4. The predicted molar refractivity (Wildman–Crippen MR) is 209 cm³/mol. The Bertz CT molecular complexity index is 1770. The number of rotatable bonds is 19. The van der Waals surface area contributed by atoms with Crippen molar-refractivity contribution >= 4 is 17.8 Å². The molecule has 298 valence electrons. The van der Waals surface area contributed by atoms with Crippen LogP contribution in [-0.2, 0) is 69.2 Å². The van der Waals surface area contributed by atoms with E-state index in [1.165, 1.54) is 6.92 Å². The maximum absolute atomic E-state index is 13.6. The molecule has 4 aromatic carbocycles. The molecule has 1 aliphatic heterocycles. The number of amides is 1. The van der Waals surface area contributed by atoms with Crippen LogP contribution in [0.25, 0.3) is 0 Å². The van der Waals surface area contributed by atoms with Gasteiger partial charge in [-0.3, -0.25) is 0 Å². The molecule has 4 aromatic rings. The zero-order valence-corrected chi connectivity index (χ0v) is 32.5. The van der Waals surface area contributed by atoms with Crippen LogP contribution < -0.4 is 5.32 Å². The largest absolute Gasteiger partial charge is 0.459 e. The number of carbonyl (C=O) groups excluding carboxylic acids is 3. The maximum atomic E-state index is 13.6. The third-order valence-corrected chi connectivity index (χ3v) is 8.88. The van der Waals surface area contributed by atoms with Gasteiger partial charge in [-0.25, -0.2) is 9.59 Å². The van der Waals surface area contributed by atoms with Crippen LogP contribution in [0.4, 0.5) is 4.79 Å². The molecule has 11 heteroatoms. The highest BCUT2D eigenvalue weighted by molar-refractivity contribution is 5.81. The number of ketones is 1. The van der Waals surface area contributed by atoms with Crippen LogP contribution >= 0.6 is 0 Å². The van der Waals surface area contributed by atoms with E-state index in [0.29, 0.717) is 6.61 Å². The summed E-state index contributed by atoms with van der Waals surface area (Å²) in [6.45, 7) is 7.19. The van der Waals surface area contributed by atoms with Gasteiger partial charge in [0.15, 0.2) is 12.3 Å². The van der Waals surface area contributed by atoms with Gasteiger partial charge in [-0.2, -0.15) is 0 Å². The first kappa shape index (κ1) is 42.2. The van der Waals surface area contributed by atoms with Crippen molar-refractivity contribution in [1.82, 2.24) is 5.32 Å². The highest BCUT2D eigenvalue weighted by Crippen LogP contribution is 2.35. The Labute approximate surface area is 329 Å². The van der Waals surface area contributed by atoms with Crippen LogP contribution in [0.5, 0.6) is 0 Å². The first-order valence-corrected chi connectivity index (χ1v) is 18.9. The lowest BCUT2D eigenvalue weighted by Crippen LogP contribution is -2.59. The fraction of sp³-hybridized carbons (Fsp3) is 0.400. The average Bonchev–Trinajstić information content (AvgIpc) is 3.18. The van der Waals surface area contributed by atoms with Crippen molar-refractivity contribution in [2.24, 2.45) is 5.92 Å². The van der Waals surface area contributed by atoms with Gasteiger partial charge in [-0.05, 0) is 49.9 Å². The van der Waals surface area contributed by atoms with E-state index in [9.17, 15) is 14.4 Å². The Hall–Kier alpha value is -4.91.